The molecule has 2 aromatic rings. The predicted octanol–water partition coefficient (Wildman–Crippen LogP) is 3.94. The van der Waals surface area contributed by atoms with E-state index in [1.165, 1.54) is 6.92 Å². The Morgan fingerprint density at radius 3 is 1.61 bits per heavy atom. The van der Waals surface area contributed by atoms with Crippen LogP contribution in [0.2, 0.25) is 0 Å². The number of rotatable bonds is 7. The molecular weight excluding hydrogens is 438 g/mol. The molecule has 0 aliphatic heterocycles. The fourth-order valence-electron chi connectivity index (χ4n) is 2.37. The highest BCUT2D eigenvalue weighted by Crippen LogP contribution is 2.29. The Hall–Kier alpha value is -3.44. The molecule has 31 heavy (non-hydrogen) atoms. The van der Waals surface area contributed by atoms with E-state index in [0.29, 0.717) is 0 Å². The van der Waals surface area contributed by atoms with Crippen molar-refractivity contribution in [2.45, 2.75) is 13.0 Å². The van der Waals surface area contributed by atoms with Gasteiger partial charge in [0.25, 0.3) is 0 Å². The number of methoxy groups -OCH3 is 2. The molecule has 0 saturated carbocycles. The summed E-state index contributed by atoms with van der Waals surface area (Å²) in [7, 11) is 1.70. The van der Waals surface area contributed by atoms with Gasteiger partial charge in [-0.25, -0.2) is 27.2 Å². The van der Waals surface area contributed by atoms with Gasteiger partial charge in [-0.15, -0.1) is 0 Å². The van der Waals surface area contributed by atoms with Gasteiger partial charge in [0.2, 0.25) is 11.6 Å². The van der Waals surface area contributed by atoms with E-state index >= 15 is 0 Å². The third kappa shape index (κ3) is 4.84. The van der Waals surface area contributed by atoms with Crippen molar-refractivity contribution in [1.82, 2.24) is 0 Å². The molecule has 12 heteroatoms. The van der Waals surface area contributed by atoms with Crippen LogP contribution in [0.15, 0.2) is 12.1 Å². The normalized spacial score (nSPS) is 11.6. The van der Waals surface area contributed by atoms with Gasteiger partial charge in [-0.1, -0.05) is 0 Å². The molecule has 168 valence electrons. The Kier molecular flexibility index (Phi) is 7.37. The van der Waals surface area contributed by atoms with Crippen LogP contribution in [0, 0.1) is 34.9 Å². The van der Waals surface area contributed by atoms with Crippen LogP contribution < -0.4 is 9.47 Å². The highest BCUT2D eigenvalue weighted by molar-refractivity contribution is 5.91. The average molecular weight is 452 g/mol. The van der Waals surface area contributed by atoms with Crippen LogP contribution in [0.1, 0.15) is 27.6 Å². The van der Waals surface area contributed by atoms with Gasteiger partial charge < -0.3 is 18.9 Å². The summed E-state index contributed by atoms with van der Waals surface area (Å²) in [6, 6.07) is 0.492. The van der Waals surface area contributed by atoms with Crippen LogP contribution in [-0.4, -0.2) is 38.9 Å². The summed E-state index contributed by atoms with van der Waals surface area (Å²) in [6.45, 7) is 0.441. The number of hydrogen-bond acceptors (Lipinski definition) is 6. The number of carbonyl (C=O) groups excluding carboxylic acids is 2. The van der Waals surface area contributed by atoms with Gasteiger partial charge in [-0.2, -0.15) is 8.78 Å². The number of carbonyl (C=O) groups is 2. The van der Waals surface area contributed by atoms with Crippen molar-refractivity contribution < 1.29 is 54.9 Å². The number of ether oxygens (including phenoxy) is 4. The zero-order chi connectivity index (χ0) is 23.5. The maximum atomic E-state index is 14.1. The van der Waals surface area contributed by atoms with Crippen molar-refractivity contribution >= 4 is 11.9 Å². The average Bonchev–Trinajstić information content (AvgIpc) is 2.72. The first kappa shape index (κ1) is 23.8. The molecule has 2 aromatic carbocycles. The van der Waals surface area contributed by atoms with Gasteiger partial charge in [0, 0.05) is 0 Å². The Morgan fingerprint density at radius 2 is 1.19 bits per heavy atom. The smallest absolute Gasteiger partial charge is 0.341 e. The van der Waals surface area contributed by atoms with Gasteiger partial charge >= 0.3 is 11.9 Å². The number of esters is 2. The maximum absolute atomic E-state index is 14.1. The predicted molar refractivity (Wildman–Crippen MR) is 90.9 cm³/mol. The van der Waals surface area contributed by atoms with E-state index in [2.05, 4.69) is 14.2 Å². The third-order valence-electron chi connectivity index (χ3n) is 3.84. The summed E-state index contributed by atoms with van der Waals surface area (Å²) in [5.74, 6) is -14.7. The van der Waals surface area contributed by atoms with Gasteiger partial charge in [0.15, 0.2) is 34.8 Å². The van der Waals surface area contributed by atoms with Crippen molar-refractivity contribution in [3.05, 3.63) is 58.2 Å². The lowest BCUT2D eigenvalue weighted by Crippen LogP contribution is -2.24. The summed E-state index contributed by atoms with van der Waals surface area (Å²) in [6.07, 6.45) is -1.29. The van der Waals surface area contributed by atoms with E-state index in [1.54, 1.807) is 0 Å². The lowest BCUT2D eigenvalue weighted by atomic mass is 10.1. The Morgan fingerprint density at radius 1 is 0.774 bits per heavy atom. The Labute approximate surface area is 171 Å². The summed E-state index contributed by atoms with van der Waals surface area (Å²) < 4.78 is 100. The standard InChI is InChI=1S/C19H14F6O6/c1-7(31-19(27)9-5-11(21)15(25)17(29-3)13(9)23)6-30-18(26)8-4-10(20)14(24)16(28-2)12(8)22/h4-5,7H,6H2,1-3H3. The molecule has 0 bridgehead atoms. The Balaban J connectivity index is 2.10. The van der Waals surface area contributed by atoms with Crippen molar-refractivity contribution in [3.63, 3.8) is 0 Å². The van der Waals surface area contributed by atoms with E-state index in [4.69, 9.17) is 4.74 Å². The summed E-state index contributed by atoms with van der Waals surface area (Å²) in [4.78, 5) is 24.0. The van der Waals surface area contributed by atoms with Crippen LogP contribution in [0.4, 0.5) is 26.3 Å². The van der Waals surface area contributed by atoms with E-state index in [9.17, 15) is 35.9 Å². The van der Waals surface area contributed by atoms with Crippen molar-refractivity contribution in [2.24, 2.45) is 0 Å². The molecule has 0 saturated heterocycles. The molecule has 0 amide bonds. The van der Waals surface area contributed by atoms with Crippen LogP contribution in [0.3, 0.4) is 0 Å². The van der Waals surface area contributed by atoms with E-state index < -0.39 is 82.2 Å². The van der Waals surface area contributed by atoms with Crippen LogP contribution in [-0.2, 0) is 9.47 Å². The lowest BCUT2D eigenvalue weighted by Gasteiger charge is -2.15. The Bertz CT molecular complexity index is 1030. The maximum Gasteiger partial charge on any atom is 0.341 e. The number of halogens is 6. The molecule has 2 rings (SSSR count). The second kappa shape index (κ2) is 9.58. The molecule has 0 heterocycles. The highest BCUT2D eigenvalue weighted by Gasteiger charge is 2.27. The molecule has 0 fully saturated rings. The molecule has 1 unspecified atom stereocenters. The van der Waals surface area contributed by atoms with Crippen LogP contribution >= 0.6 is 0 Å². The molecule has 0 spiro atoms. The first-order valence-corrected chi connectivity index (χ1v) is 8.34. The van der Waals surface area contributed by atoms with Crippen molar-refractivity contribution in [2.75, 3.05) is 20.8 Å². The quantitative estimate of drug-likeness (QED) is 0.360. The van der Waals surface area contributed by atoms with Gasteiger partial charge in [0.05, 0.1) is 14.2 Å². The van der Waals surface area contributed by atoms with Crippen molar-refractivity contribution in [1.29, 1.82) is 0 Å². The molecule has 0 aliphatic rings. The van der Waals surface area contributed by atoms with Crippen molar-refractivity contribution in [3.8, 4) is 11.5 Å². The highest BCUT2D eigenvalue weighted by atomic mass is 19.2. The molecule has 0 N–H and O–H groups in total. The fraction of sp³-hybridized carbons (Fsp3) is 0.263. The second-order valence-electron chi connectivity index (χ2n) is 5.95. The zero-order valence-corrected chi connectivity index (χ0v) is 16.2. The summed E-state index contributed by atoms with van der Waals surface area (Å²) in [5.41, 5.74) is -1.99. The minimum Gasteiger partial charge on any atom is -0.491 e. The molecular formula is C19H14F6O6. The molecule has 0 radical (unpaired) electrons. The zero-order valence-electron chi connectivity index (χ0n) is 16.2. The van der Waals surface area contributed by atoms with E-state index in [1.807, 2.05) is 0 Å². The van der Waals surface area contributed by atoms with Gasteiger partial charge in [0.1, 0.15) is 23.8 Å². The molecule has 6 nitrogen and oxygen atoms in total. The minimum atomic E-state index is -1.65. The third-order valence-corrected chi connectivity index (χ3v) is 3.84. The summed E-state index contributed by atoms with van der Waals surface area (Å²) >= 11 is 0. The van der Waals surface area contributed by atoms with E-state index in [0.717, 1.165) is 14.2 Å². The minimum absolute atomic E-state index is 0.245. The first-order chi connectivity index (χ1) is 14.5. The first-order valence-electron chi connectivity index (χ1n) is 8.34. The van der Waals surface area contributed by atoms with Crippen LogP contribution in [0.5, 0.6) is 11.5 Å². The monoisotopic (exact) mass is 452 g/mol. The summed E-state index contributed by atoms with van der Waals surface area (Å²) in [5, 5.41) is 0. The molecule has 0 aromatic heterocycles. The van der Waals surface area contributed by atoms with Crippen LogP contribution in [0.25, 0.3) is 0 Å². The van der Waals surface area contributed by atoms with E-state index in [-0.39, 0.29) is 12.1 Å². The fourth-order valence-corrected chi connectivity index (χ4v) is 2.37. The molecule has 0 aliphatic carbocycles. The van der Waals surface area contributed by atoms with Gasteiger partial charge in [-0.05, 0) is 19.1 Å². The second-order valence-corrected chi connectivity index (χ2v) is 5.95. The number of hydrogen-bond donors (Lipinski definition) is 0. The largest absolute Gasteiger partial charge is 0.491 e. The SMILES string of the molecule is COc1c(F)c(F)cc(C(=O)OCC(C)OC(=O)c2cc(F)c(F)c(OC)c2F)c1F. The lowest BCUT2D eigenvalue weighted by molar-refractivity contribution is 0.00379. The molecule has 1 atom stereocenters. The number of benzene rings is 2. The topological polar surface area (TPSA) is 71.1 Å². The van der Waals surface area contributed by atoms with Gasteiger partial charge in [-0.3, -0.25) is 0 Å².